The molecule has 0 aliphatic heterocycles. The van der Waals surface area contributed by atoms with E-state index >= 15 is 0 Å². The maximum atomic E-state index is 12.7. The van der Waals surface area contributed by atoms with Crippen molar-refractivity contribution in [1.29, 1.82) is 0 Å². The topological polar surface area (TPSA) is 59.8 Å². The zero-order valence-corrected chi connectivity index (χ0v) is 14.5. The van der Waals surface area contributed by atoms with E-state index in [1.54, 1.807) is 18.7 Å². The first-order valence-corrected chi connectivity index (χ1v) is 8.67. The number of rotatable bonds is 3. The summed E-state index contributed by atoms with van der Waals surface area (Å²) in [5.41, 5.74) is 1.11. The van der Waals surface area contributed by atoms with Gasteiger partial charge in [-0.05, 0) is 48.1 Å². The van der Waals surface area contributed by atoms with Gasteiger partial charge in [-0.1, -0.05) is 20.8 Å². The molecular formula is C19H24N4O. The molecule has 2 bridgehead atoms. The highest BCUT2D eigenvalue weighted by Crippen LogP contribution is 2.65. The molecule has 0 aromatic carbocycles. The molecule has 0 radical (unpaired) electrons. The second-order valence-corrected chi connectivity index (χ2v) is 8.01. The SMILES string of the molecule is CC1(C)[C@@H]2CC[C@@]1(C)[C@H](NC(=O)c1ccc(-n3ccnc3)nc1)C2. The highest BCUT2D eigenvalue weighted by Gasteiger charge is 2.61. The van der Waals surface area contributed by atoms with Gasteiger partial charge in [-0.25, -0.2) is 9.97 Å². The Labute approximate surface area is 142 Å². The van der Waals surface area contributed by atoms with E-state index in [1.165, 1.54) is 12.8 Å². The Kier molecular flexibility index (Phi) is 3.31. The summed E-state index contributed by atoms with van der Waals surface area (Å²) >= 11 is 0. The number of nitrogens with one attached hydrogen (secondary N) is 1. The zero-order valence-electron chi connectivity index (χ0n) is 14.5. The van der Waals surface area contributed by atoms with Crippen LogP contribution in [0.15, 0.2) is 37.1 Å². The van der Waals surface area contributed by atoms with Crippen molar-refractivity contribution in [3.63, 3.8) is 0 Å². The van der Waals surface area contributed by atoms with Crippen molar-refractivity contribution in [2.24, 2.45) is 16.7 Å². The Hall–Kier alpha value is -2.17. The Morgan fingerprint density at radius 1 is 1.33 bits per heavy atom. The number of hydrogen-bond acceptors (Lipinski definition) is 3. The normalized spacial score (nSPS) is 30.5. The molecule has 2 heterocycles. The number of carbonyl (C=O) groups excluding carboxylic acids is 1. The molecule has 4 rings (SSSR count). The monoisotopic (exact) mass is 324 g/mol. The Bertz CT molecular complexity index is 750. The van der Waals surface area contributed by atoms with E-state index in [4.69, 9.17) is 0 Å². The number of pyridine rings is 1. The van der Waals surface area contributed by atoms with Crippen molar-refractivity contribution >= 4 is 5.91 Å². The van der Waals surface area contributed by atoms with Gasteiger partial charge in [-0.2, -0.15) is 0 Å². The summed E-state index contributed by atoms with van der Waals surface area (Å²) in [5, 5.41) is 3.28. The van der Waals surface area contributed by atoms with Crippen molar-refractivity contribution < 1.29 is 4.79 Å². The fourth-order valence-corrected chi connectivity index (χ4v) is 4.73. The minimum Gasteiger partial charge on any atom is -0.349 e. The summed E-state index contributed by atoms with van der Waals surface area (Å²) in [6.45, 7) is 7.06. The number of hydrogen-bond donors (Lipinski definition) is 1. The van der Waals surface area contributed by atoms with E-state index in [9.17, 15) is 4.79 Å². The van der Waals surface area contributed by atoms with Gasteiger partial charge in [0.05, 0.1) is 5.56 Å². The van der Waals surface area contributed by atoms with E-state index in [0.717, 1.165) is 18.2 Å². The Balaban J connectivity index is 1.49. The van der Waals surface area contributed by atoms with Crippen LogP contribution in [-0.2, 0) is 0 Å². The lowest BCUT2D eigenvalue weighted by Gasteiger charge is -2.39. The number of fused-ring (bicyclic) bond motifs is 2. The molecule has 2 aromatic rings. The van der Waals surface area contributed by atoms with Crippen LogP contribution < -0.4 is 5.32 Å². The van der Waals surface area contributed by atoms with E-state index in [2.05, 4.69) is 36.1 Å². The van der Waals surface area contributed by atoms with Gasteiger partial charge in [0.15, 0.2) is 0 Å². The quantitative estimate of drug-likeness (QED) is 0.943. The smallest absolute Gasteiger partial charge is 0.253 e. The highest BCUT2D eigenvalue weighted by atomic mass is 16.1. The fourth-order valence-electron chi connectivity index (χ4n) is 4.73. The molecule has 126 valence electrons. The first-order chi connectivity index (χ1) is 11.4. The van der Waals surface area contributed by atoms with Crippen LogP contribution in [0.5, 0.6) is 0 Å². The maximum absolute atomic E-state index is 12.7. The molecule has 5 heteroatoms. The van der Waals surface area contributed by atoms with Crippen LogP contribution in [0.3, 0.4) is 0 Å². The molecule has 3 atom stereocenters. The van der Waals surface area contributed by atoms with E-state index < -0.39 is 0 Å². The molecule has 2 aliphatic rings. The van der Waals surface area contributed by atoms with Crippen molar-refractivity contribution in [3.05, 3.63) is 42.6 Å². The van der Waals surface area contributed by atoms with Crippen LogP contribution >= 0.6 is 0 Å². The van der Waals surface area contributed by atoms with E-state index in [-0.39, 0.29) is 17.4 Å². The molecule has 2 aromatic heterocycles. The predicted octanol–water partition coefficient (Wildman–Crippen LogP) is 3.21. The molecule has 0 spiro atoms. The summed E-state index contributed by atoms with van der Waals surface area (Å²) in [6.07, 6.45) is 10.5. The molecular weight excluding hydrogens is 300 g/mol. The van der Waals surface area contributed by atoms with Crippen molar-refractivity contribution in [3.8, 4) is 5.82 Å². The Morgan fingerprint density at radius 3 is 2.71 bits per heavy atom. The van der Waals surface area contributed by atoms with Crippen LogP contribution in [0.4, 0.5) is 0 Å². The van der Waals surface area contributed by atoms with Gasteiger partial charge in [0, 0.05) is 24.6 Å². The number of amides is 1. The first-order valence-electron chi connectivity index (χ1n) is 8.67. The minimum atomic E-state index is -0.0192. The lowest BCUT2D eigenvalue weighted by Crippen LogP contribution is -2.46. The third-order valence-corrected chi connectivity index (χ3v) is 6.88. The average Bonchev–Trinajstić information content (AvgIpc) is 3.22. The summed E-state index contributed by atoms with van der Waals surface area (Å²) in [5.74, 6) is 1.46. The number of aromatic nitrogens is 3. The number of nitrogens with zero attached hydrogens (tertiary/aromatic N) is 3. The molecule has 2 aliphatic carbocycles. The van der Waals surface area contributed by atoms with Crippen LogP contribution in [0.1, 0.15) is 50.4 Å². The van der Waals surface area contributed by atoms with Crippen LogP contribution in [0, 0.1) is 16.7 Å². The summed E-state index contributed by atoms with van der Waals surface area (Å²) in [6, 6.07) is 3.94. The molecule has 0 unspecified atom stereocenters. The average molecular weight is 324 g/mol. The first kappa shape index (κ1) is 15.4. The predicted molar refractivity (Wildman–Crippen MR) is 91.8 cm³/mol. The second kappa shape index (κ2) is 5.16. The lowest BCUT2D eigenvalue weighted by atomic mass is 9.69. The van der Waals surface area contributed by atoms with Gasteiger partial charge in [-0.15, -0.1) is 0 Å². The van der Waals surface area contributed by atoms with Gasteiger partial charge in [0.1, 0.15) is 12.1 Å². The molecule has 0 saturated heterocycles. The third-order valence-electron chi connectivity index (χ3n) is 6.88. The zero-order chi connectivity index (χ0) is 16.9. The number of imidazole rings is 1. The summed E-state index contributed by atoms with van der Waals surface area (Å²) < 4.78 is 1.82. The molecule has 1 amide bonds. The fraction of sp³-hybridized carbons (Fsp3) is 0.526. The van der Waals surface area contributed by atoms with Gasteiger partial charge >= 0.3 is 0 Å². The van der Waals surface area contributed by atoms with Crippen molar-refractivity contribution in [2.45, 2.75) is 46.1 Å². The summed E-state index contributed by atoms with van der Waals surface area (Å²) in [4.78, 5) is 21.0. The van der Waals surface area contributed by atoms with Crippen LogP contribution in [-0.4, -0.2) is 26.5 Å². The molecule has 2 saturated carbocycles. The van der Waals surface area contributed by atoms with Gasteiger partial charge in [-0.3, -0.25) is 9.36 Å². The molecule has 5 nitrogen and oxygen atoms in total. The van der Waals surface area contributed by atoms with Crippen molar-refractivity contribution in [2.75, 3.05) is 0 Å². The lowest BCUT2D eigenvalue weighted by molar-refractivity contribution is 0.0826. The van der Waals surface area contributed by atoms with Crippen LogP contribution in [0.2, 0.25) is 0 Å². The van der Waals surface area contributed by atoms with Crippen molar-refractivity contribution in [1.82, 2.24) is 19.9 Å². The molecule has 2 fully saturated rings. The molecule has 24 heavy (non-hydrogen) atoms. The second-order valence-electron chi connectivity index (χ2n) is 8.01. The Morgan fingerprint density at radius 2 is 2.17 bits per heavy atom. The highest BCUT2D eigenvalue weighted by molar-refractivity contribution is 5.94. The largest absolute Gasteiger partial charge is 0.349 e. The standard InChI is InChI=1S/C19H24N4O/c1-18(2)14-6-7-19(18,3)15(10-14)22-17(24)13-4-5-16(21-11-13)23-9-8-20-12-23/h4-5,8-9,11-12,14-15H,6-7,10H2,1-3H3,(H,22,24)/t14-,15-,19+/m1/s1. The van der Waals surface area contributed by atoms with E-state index in [1.807, 2.05) is 22.9 Å². The molecule has 1 N–H and O–H groups in total. The van der Waals surface area contributed by atoms with Gasteiger partial charge in [0.2, 0.25) is 0 Å². The van der Waals surface area contributed by atoms with Gasteiger partial charge in [0.25, 0.3) is 5.91 Å². The summed E-state index contributed by atoms with van der Waals surface area (Å²) in [7, 11) is 0. The van der Waals surface area contributed by atoms with Gasteiger partial charge < -0.3 is 5.32 Å². The number of carbonyl (C=O) groups is 1. The van der Waals surface area contributed by atoms with E-state index in [0.29, 0.717) is 11.0 Å². The third kappa shape index (κ3) is 2.10. The minimum absolute atomic E-state index is 0.0192. The maximum Gasteiger partial charge on any atom is 0.253 e. The van der Waals surface area contributed by atoms with Crippen LogP contribution in [0.25, 0.3) is 5.82 Å².